The molecule has 0 spiro atoms. The average molecular weight is 116 g/mol. The van der Waals surface area contributed by atoms with Crippen LogP contribution >= 0.6 is 0 Å². The molecule has 0 aromatic carbocycles. The molecular formula is C7H13F. The van der Waals surface area contributed by atoms with Gasteiger partial charge < -0.3 is 0 Å². The largest absolute Gasteiger partial charge is 0.247 e. The molecule has 0 amide bonds. The summed E-state index contributed by atoms with van der Waals surface area (Å²) in [7, 11) is 0. The first kappa shape index (κ1) is 6.06. The summed E-state index contributed by atoms with van der Waals surface area (Å²) in [5.74, 6) is 0.398. The highest BCUT2D eigenvalue weighted by atomic mass is 19.1. The lowest BCUT2D eigenvalue weighted by Crippen LogP contribution is -2.05. The third-order valence-electron chi connectivity index (χ3n) is 2.09. The Labute approximate surface area is 50.1 Å². The second-order valence-corrected chi connectivity index (χ2v) is 2.62. The number of halogens is 1. The summed E-state index contributed by atoms with van der Waals surface area (Å²) in [5.41, 5.74) is 0. The molecule has 2 atom stereocenters. The number of rotatable bonds is 1. The minimum atomic E-state index is -0.472. The first-order chi connectivity index (χ1) is 3.84. The predicted octanol–water partition coefficient (Wildman–Crippen LogP) is 2.53. The van der Waals surface area contributed by atoms with Gasteiger partial charge in [0.15, 0.2) is 0 Å². The normalized spacial score (nSPS) is 38.2. The molecule has 1 saturated carbocycles. The fraction of sp³-hybridized carbons (Fsp3) is 1.00. The summed E-state index contributed by atoms with van der Waals surface area (Å²) >= 11 is 0. The fourth-order valence-electron chi connectivity index (χ4n) is 1.45. The van der Waals surface area contributed by atoms with Crippen LogP contribution in [-0.4, -0.2) is 6.17 Å². The summed E-state index contributed by atoms with van der Waals surface area (Å²) in [5, 5.41) is 0. The van der Waals surface area contributed by atoms with Crippen LogP contribution in [0.25, 0.3) is 0 Å². The van der Waals surface area contributed by atoms with Gasteiger partial charge in [0.2, 0.25) is 0 Å². The molecule has 48 valence electrons. The van der Waals surface area contributed by atoms with Gasteiger partial charge >= 0.3 is 0 Å². The Bertz CT molecular complexity index is 70.8. The van der Waals surface area contributed by atoms with Crippen molar-refractivity contribution in [2.24, 2.45) is 5.92 Å². The molecule has 1 rings (SSSR count). The summed E-state index contributed by atoms with van der Waals surface area (Å²) in [6.45, 7) is 2.07. The number of alkyl halides is 1. The van der Waals surface area contributed by atoms with Gasteiger partial charge in [0.05, 0.1) is 0 Å². The van der Waals surface area contributed by atoms with Gasteiger partial charge in [0.25, 0.3) is 0 Å². The highest BCUT2D eigenvalue weighted by Gasteiger charge is 2.24. The van der Waals surface area contributed by atoms with E-state index in [4.69, 9.17) is 0 Å². The van der Waals surface area contributed by atoms with Crippen molar-refractivity contribution >= 4 is 0 Å². The zero-order chi connectivity index (χ0) is 5.98. The Kier molecular flexibility index (Phi) is 1.87. The van der Waals surface area contributed by atoms with E-state index in [-0.39, 0.29) is 0 Å². The summed E-state index contributed by atoms with van der Waals surface area (Å²) in [6.07, 6.45) is 3.61. The molecule has 0 bridgehead atoms. The highest BCUT2D eigenvalue weighted by molar-refractivity contribution is 4.75. The van der Waals surface area contributed by atoms with E-state index in [1.807, 2.05) is 0 Å². The zero-order valence-corrected chi connectivity index (χ0v) is 5.36. The Morgan fingerprint density at radius 1 is 1.50 bits per heavy atom. The molecule has 0 aromatic rings. The van der Waals surface area contributed by atoms with E-state index in [0.717, 1.165) is 25.7 Å². The van der Waals surface area contributed by atoms with Crippen LogP contribution < -0.4 is 0 Å². The maximum Gasteiger partial charge on any atom is 0.103 e. The Morgan fingerprint density at radius 3 is 2.50 bits per heavy atom. The van der Waals surface area contributed by atoms with E-state index in [2.05, 4.69) is 6.92 Å². The Morgan fingerprint density at radius 2 is 2.25 bits per heavy atom. The molecule has 1 aliphatic rings. The summed E-state index contributed by atoms with van der Waals surface area (Å²) in [4.78, 5) is 0. The van der Waals surface area contributed by atoms with Gasteiger partial charge in [-0.1, -0.05) is 19.8 Å². The van der Waals surface area contributed by atoms with E-state index in [1.54, 1.807) is 0 Å². The minimum Gasteiger partial charge on any atom is -0.247 e. The van der Waals surface area contributed by atoms with Crippen LogP contribution in [0, 0.1) is 5.92 Å². The molecule has 1 fully saturated rings. The highest BCUT2D eigenvalue weighted by Crippen LogP contribution is 2.30. The SMILES string of the molecule is CC[C@H]1CCC[C@H]1F. The lowest BCUT2D eigenvalue weighted by molar-refractivity contribution is 0.258. The predicted molar refractivity (Wildman–Crippen MR) is 32.5 cm³/mol. The second-order valence-electron chi connectivity index (χ2n) is 2.62. The molecule has 0 radical (unpaired) electrons. The molecule has 0 aromatic heterocycles. The van der Waals surface area contributed by atoms with E-state index < -0.39 is 6.17 Å². The van der Waals surface area contributed by atoms with Gasteiger partial charge in [-0.25, -0.2) is 4.39 Å². The van der Waals surface area contributed by atoms with Crippen molar-refractivity contribution < 1.29 is 4.39 Å². The Balaban J connectivity index is 2.30. The lowest BCUT2D eigenvalue weighted by Gasteiger charge is -2.06. The topological polar surface area (TPSA) is 0 Å². The van der Waals surface area contributed by atoms with Crippen LogP contribution in [0.1, 0.15) is 32.6 Å². The first-order valence-corrected chi connectivity index (χ1v) is 3.48. The van der Waals surface area contributed by atoms with Gasteiger partial charge in [0.1, 0.15) is 6.17 Å². The monoisotopic (exact) mass is 116 g/mol. The van der Waals surface area contributed by atoms with Crippen molar-refractivity contribution in [1.82, 2.24) is 0 Å². The van der Waals surface area contributed by atoms with Crippen molar-refractivity contribution in [2.75, 3.05) is 0 Å². The van der Waals surface area contributed by atoms with Gasteiger partial charge in [-0.05, 0) is 18.8 Å². The minimum absolute atomic E-state index is 0.398. The zero-order valence-electron chi connectivity index (χ0n) is 5.36. The van der Waals surface area contributed by atoms with Gasteiger partial charge in [-0.15, -0.1) is 0 Å². The molecule has 1 heteroatoms. The first-order valence-electron chi connectivity index (χ1n) is 3.48. The average Bonchev–Trinajstić information content (AvgIpc) is 2.14. The molecule has 0 N–H and O–H groups in total. The standard InChI is InChI=1S/C7H13F/c1-2-6-4-3-5-7(6)8/h6-7H,2-5H2,1H3/t6-,7+/m0/s1. The number of hydrogen-bond donors (Lipinski definition) is 0. The van der Waals surface area contributed by atoms with E-state index in [0.29, 0.717) is 5.92 Å². The van der Waals surface area contributed by atoms with Crippen LogP contribution in [-0.2, 0) is 0 Å². The summed E-state index contributed by atoms with van der Waals surface area (Å²) < 4.78 is 12.6. The van der Waals surface area contributed by atoms with Crippen LogP contribution in [0.2, 0.25) is 0 Å². The third-order valence-corrected chi connectivity index (χ3v) is 2.09. The van der Waals surface area contributed by atoms with Crippen molar-refractivity contribution in [2.45, 2.75) is 38.8 Å². The van der Waals surface area contributed by atoms with Crippen molar-refractivity contribution in [3.8, 4) is 0 Å². The molecule has 1 aliphatic carbocycles. The maximum atomic E-state index is 12.6. The van der Waals surface area contributed by atoms with E-state index >= 15 is 0 Å². The van der Waals surface area contributed by atoms with Crippen LogP contribution in [0.3, 0.4) is 0 Å². The van der Waals surface area contributed by atoms with Gasteiger partial charge in [0, 0.05) is 0 Å². The van der Waals surface area contributed by atoms with Crippen LogP contribution in [0.4, 0.5) is 4.39 Å². The van der Waals surface area contributed by atoms with Crippen LogP contribution in [0.5, 0.6) is 0 Å². The van der Waals surface area contributed by atoms with Crippen molar-refractivity contribution in [3.05, 3.63) is 0 Å². The van der Waals surface area contributed by atoms with E-state index in [9.17, 15) is 4.39 Å². The third kappa shape index (κ3) is 1.01. The molecule has 0 aliphatic heterocycles. The molecular weight excluding hydrogens is 103 g/mol. The molecule has 0 heterocycles. The lowest BCUT2D eigenvalue weighted by atomic mass is 10.0. The smallest absolute Gasteiger partial charge is 0.103 e. The Hall–Kier alpha value is -0.0700. The molecule has 0 nitrogen and oxygen atoms in total. The number of hydrogen-bond acceptors (Lipinski definition) is 0. The van der Waals surface area contributed by atoms with Crippen molar-refractivity contribution in [1.29, 1.82) is 0 Å². The second kappa shape index (κ2) is 2.47. The summed E-state index contributed by atoms with van der Waals surface area (Å²) in [6, 6.07) is 0. The van der Waals surface area contributed by atoms with Gasteiger partial charge in [-0.3, -0.25) is 0 Å². The molecule has 0 saturated heterocycles. The molecule has 8 heavy (non-hydrogen) atoms. The fourth-order valence-corrected chi connectivity index (χ4v) is 1.45. The quantitative estimate of drug-likeness (QED) is 0.494. The van der Waals surface area contributed by atoms with Gasteiger partial charge in [-0.2, -0.15) is 0 Å². The van der Waals surface area contributed by atoms with Crippen LogP contribution in [0.15, 0.2) is 0 Å². The molecule has 0 unspecified atom stereocenters. The van der Waals surface area contributed by atoms with Crippen molar-refractivity contribution in [3.63, 3.8) is 0 Å². The van der Waals surface area contributed by atoms with E-state index in [1.165, 1.54) is 0 Å². The maximum absolute atomic E-state index is 12.6.